The Morgan fingerprint density at radius 1 is 0.893 bits per heavy atom. The topological polar surface area (TPSA) is 83.5 Å². The normalized spacial score (nSPS) is 10.6. The van der Waals surface area contributed by atoms with Gasteiger partial charge in [-0.25, -0.2) is 4.79 Å². The van der Waals surface area contributed by atoms with Crippen molar-refractivity contribution in [1.29, 1.82) is 0 Å². The van der Waals surface area contributed by atoms with Crippen molar-refractivity contribution >= 4 is 12.0 Å². The van der Waals surface area contributed by atoms with Crippen LogP contribution in [-0.4, -0.2) is 46.1 Å². The minimum Gasteiger partial charge on any atom is -0.502 e. The van der Waals surface area contributed by atoms with Crippen LogP contribution in [0.25, 0.3) is 6.08 Å². The first-order valence-electron chi connectivity index (χ1n) is 8.53. The summed E-state index contributed by atoms with van der Waals surface area (Å²) in [5, 5.41) is 9.90. The molecular weight excluding hydrogens is 364 g/mol. The molecule has 2 aromatic carbocycles. The Morgan fingerprint density at radius 2 is 1.50 bits per heavy atom. The Labute approximate surface area is 164 Å². The number of phenolic OH excluding ortho intramolecular Hbond substituents is 1. The molecule has 0 aliphatic rings. The molecular formula is C21H24O7. The maximum absolute atomic E-state index is 11.9. The van der Waals surface area contributed by atoms with Gasteiger partial charge in [0, 0.05) is 12.5 Å². The highest BCUT2D eigenvalue weighted by atomic mass is 16.5. The van der Waals surface area contributed by atoms with Crippen LogP contribution in [0.1, 0.15) is 11.1 Å². The zero-order chi connectivity index (χ0) is 20.5. The molecule has 1 N–H and O–H groups in total. The van der Waals surface area contributed by atoms with E-state index in [2.05, 4.69) is 0 Å². The molecule has 0 saturated carbocycles. The van der Waals surface area contributed by atoms with Crippen LogP contribution in [0.3, 0.4) is 0 Å². The zero-order valence-electron chi connectivity index (χ0n) is 16.4. The molecule has 28 heavy (non-hydrogen) atoms. The number of methoxy groups -OCH3 is 4. The molecule has 0 spiro atoms. The first-order valence-corrected chi connectivity index (χ1v) is 8.53. The van der Waals surface area contributed by atoms with Crippen LogP contribution in [0.2, 0.25) is 0 Å². The van der Waals surface area contributed by atoms with E-state index in [1.807, 2.05) is 18.2 Å². The number of carbonyl (C=O) groups is 1. The van der Waals surface area contributed by atoms with Crippen LogP contribution in [-0.2, 0) is 16.0 Å². The summed E-state index contributed by atoms with van der Waals surface area (Å²) in [6, 6.07) is 8.72. The van der Waals surface area contributed by atoms with Crippen LogP contribution in [0, 0.1) is 0 Å². The van der Waals surface area contributed by atoms with E-state index in [1.54, 1.807) is 32.4 Å². The molecule has 0 bridgehead atoms. The molecule has 0 saturated heterocycles. The van der Waals surface area contributed by atoms with Gasteiger partial charge in [-0.2, -0.15) is 0 Å². The van der Waals surface area contributed by atoms with Gasteiger partial charge in [0.2, 0.25) is 5.75 Å². The van der Waals surface area contributed by atoms with Crippen molar-refractivity contribution < 1.29 is 33.6 Å². The number of benzene rings is 2. The lowest BCUT2D eigenvalue weighted by Gasteiger charge is -2.10. The van der Waals surface area contributed by atoms with Gasteiger partial charge in [-0.3, -0.25) is 0 Å². The standard InChI is InChI=1S/C21H24O7/c1-24-16-7-5-14(11-17(16)25-2)9-10-28-20(22)8-6-15-12-18(26-3)21(23)19(13-15)27-4/h5-8,11-13,23H,9-10H2,1-4H3/b8-6-. The minimum absolute atomic E-state index is 0.0975. The third-order valence-electron chi connectivity index (χ3n) is 4.00. The Morgan fingerprint density at radius 3 is 2.07 bits per heavy atom. The minimum atomic E-state index is -0.480. The number of hydrogen-bond acceptors (Lipinski definition) is 7. The van der Waals surface area contributed by atoms with Crippen LogP contribution in [0.5, 0.6) is 28.7 Å². The zero-order valence-corrected chi connectivity index (χ0v) is 16.4. The van der Waals surface area contributed by atoms with Crippen LogP contribution < -0.4 is 18.9 Å². The number of esters is 1. The fourth-order valence-corrected chi connectivity index (χ4v) is 2.53. The van der Waals surface area contributed by atoms with Gasteiger partial charge in [-0.05, 0) is 41.5 Å². The highest BCUT2D eigenvalue weighted by molar-refractivity contribution is 5.87. The van der Waals surface area contributed by atoms with E-state index in [9.17, 15) is 9.90 Å². The summed E-state index contributed by atoms with van der Waals surface area (Å²) in [4.78, 5) is 11.9. The van der Waals surface area contributed by atoms with E-state index in [0.717, 1.165) is 5.56 Å². The molecule has 0 unspecified atom stereocenters. The molecule has 2 aromatic rings. The Bertz CT molecular complexity index is 818. The average molecular weight is 388 g/mol. The average Bonchev–Trinajstić information content (AvgIpc) is 2.72. The van der Waals surface area contributed by atoms with Crippen LogP contribution in [0.15, 0.2) is 36.4 Å². The highest BCUT2D eigenvalue weighted by Crippen LogP contribution is 2.37. The summed E-state index contributed by atoms with van der Waals surface area (Å²) >= 11 is 0. The molecule has 7 heteroatoms. The molecule has 150 valence electrons. The largest absolute Gasteiger partial charge is 0.502 e. The third kappa shape index (κ3) is 5.33. The quantitative estimate of drug-likeness (QED) is 0.522. The molecule has 7 nitrogen and oxygen atoms in total. The maximum atomic E-state index is 11.9. The van der Waals surface area contributed by atoms with E-state index in [-0.39, 0.29) is 23.9 Å². The van der Waals surface area contributed by atoms with Gasteiger partial charge in [0.15, 0.2) is 23.0 Å². The smallest absolute Gasteiger partial charge is 0.330 e. The van der Waals surface area contributed by atoms with Crippen molar-refractivity contribution in [2.45, 2.75) is 6.42 Å². The van der Waals surface area contributed by atoms with Gasteiger partial charge in [0.1, 0.15) is 0 Å². The molecule has 0 atom stereocenters. The number of aromatic hydroxyl groups is 1. The van der Waals surface area contributed by atoms with E-state index >= 15 is 0 Å². The van der Waals surface area contributed by atoms with Gasteiger partial charge in [0.05, 0.1) is 35.0 Å². The summed E-state index contributed by atoms with van der Waals surface area (Å²) < 4.78 is 25.8. The molecule has 0 fully saturated rings. The molecule has 0 aromatic heterocycles. The van der Waals surface area contributed by atoms with Crippen LogP contribution in [0.4, 0.5) is 0 Å². The Hall–Kier alpha value is -3.35. The van der Waals surface area contributed by atoms with E-state index < -0.39 is 5.97 Å². The predicted octanol–water partition coefficient (Wildman–Crippen LogP) is 3.23. The Kier molecular flexibility index (Phi) is 7.56. The molecule has 0 heterocycles. The lowest BCUT2D eigenvalue weighted by atomic mass is 10.1. The number of ether oxygens (including phenoxy) is 5. The number of phenols is 1. The van der Waals surface area contributed by atoms with Crippen molar-refractivity contribution in [2.24, 2.45) is 0 Å². The summed E-state index contributed by atoms with van der Waals surface area (Å²) in [5.41, 5.74) is 1.59. The molecule has 0 aliphatic carbocycles. The van der Waals surface area contributed by atoms with E-state index in [4.69, 9.17) is 23.7 Å². The summed E-state index contributed by atoms with van der Waals surface area (Å²) in [6.45, 7) is 0.223. The molecule has 0 amide bonds. The molecule has 2 rings (SSSR count). The second-order valence-corrected chi connectivity index (χ2v) is 5.71. The van der Waals surface area contributed by atoms with Crippen molar-refractivity contribution in [2.75, 3.05) is 35.0 Å². The monoisotopic (exact) mass is 388 g/mol. The SMILES string of the molecule is COc1ccc(CCOC(=O)/C=C\c2cc(OC)c(O)c(OC)c2)cc1OC. The van der Waals surface area contributed by atoms with Gasteiger partial charge in [-0.1, -0.05) is 6.07 Å². The number of rotatable bonds is 9. The van der Waals surface area contributed by atoms with Gasteiger partial charge in [0.25, 0.3) is 0 Å². The summed E-state index contributed by atoms with van der Waals surface area (Å²) in [7, 11) is 6.01. The van der Waals surface area contributed by atoms with Gasteiger partial charge >= 0.3 is 5.97 Å². The maximum Gasteiger partial charge on any atom is 0.330 e. The summed E-state index contributed by atoms with van der Waals surface area (Å²) in [6.07, 6.45) is 3.41. The Balaban J connectivity index is 1.94. The molecule has 0 radical (unpaired) electrons. The van der Waals surface area contributed by atoms with Crippen molar-refractivity contribution in [3.63, 3.8) is 0 Å². The fourth-order valence-electron chi connectivity index (χ4n) is 2.53. The summed E-state index contributed by atoms with van der Waals surface area (Å²) in [5.74, 6) is 1.19. The predicted molar refractivity (Wildman–Crippen MR) is 104 cm³/mol. The van der Waals surface area contributed by atoms with Gasteiger partial charge in [-0.15, -0.1) is 0 Å². The van der Waals surface area contributed by atoms with Crippen molar-refractivity contribution in [1.82, 2.24) is 0 Å². The second kappa shape index (κ2) is 10.1. The van der Waals surface area contributed by atoms with E-state index in [1.165, 1.54) is 20.3 Å². The van der Waals surface area contributed by atoms with Crippen molar-refractivity contribution in [3.8, 4) is 28.7 Å². The van der Waals surface area contributed by atoms with E-state index in [0.29, 0.717) is 23.5 Å². The lowest BCUT2D eigenvalue weighted by molar-refractivity contribution is -0.137. The molecule has 0 aliphatic heterocycles. The third-order valence-corrected chi connectivity index (χ3v) is 4.00. The first-order chi connectivity index (χ1) is 13.5. The lowest BCUT2D eigenvalue weighted by Crippen LogP contribution is -2.05. The van der Waals surface area contributed by atoms with Crippen molar-refractivity contribution in [3.05, 3.63) is 47.5 Å². The second-order valence-electron chi connectivity index (χ2n) is 5.71. The van der Waals surface area contributed by atoms with Gasteiger partial charge < -0.3 is 28.8 Å². The highest BCUT2D eigenvalue weighted by Gasteiger charge is 2.10. The first kappa shape index (κ1) is 21.0. The fraction of sp³-hybridized carbons (Fsp3) is 0.286. The number of carbonyl (C=O) groups excluding carboxylic acids is 1. The number of hydrogen-bond donors (Lipinski definition) is 1. The van der Waals surface area contributed by atoms with Crippen LogP contribution >= 0.6 is 0 Å².